The second-order valence-electron chi connectivity index (χ2n) is 7.92. The Morgan fingerprint density at radius 3 is 1.28 bits per heavy atom. The van der Waals surface area contributed by atoms with E-state index >= 15 is 0 Å². The van der Waals surface area contributed by atoms with Crippen LogP contribution in [-0.4, -0.2) is 0 Å². The number of unbranched alkanes of at least 4 members (excludes halogenated alkanes) is 4. The molecular weight excluding hydrogens is 362 g/mol. The lowest BCUT2D eigenvalue weighted by Crippen LogP contribution is -1.89. The van der Waals surface area contributed by atoms with Crippen LogP contribution in [0, 0.1) is 11.6 Å². The average Bonchev–Trinajstić information content (AvgIpc) is 2.73. The number of aryl methyl sites for hydroxylation is 2. The van der Waals surface area contributed by atoms with E-state index in [4.69, 9.17) is 0 Å². The minimum atomic E-state index is -0.178. The number of hydrogen-bond donors (Lipinski definition) is 0. The largest absolute Gasteiger partial charge is 0.207 e. The van der Waals surface area contributed by atoms with Crippen molar-refractivity contribution in [1.82, 2.24) is 0 Å². The van der Waals surface area contributed by atoms with E-state index in [0.717, 1.165) is 34.4 Å². The lowest BCUT2D eigenvalue weighted by atomic mass is 10.00. The molecule has 4 rings (SSSR count). The highest BCUT2D eigenvalue weighted by atomic mass is 19.1. The topological polar surface area (TPSA) is 0 Å². The first-order valence-corrected chi connectivity index (χ1v) is 10.5. The fourth-order valence-corrected chi connectivity index (χ4v) is 4.03. The summed E-state index contributed by atoms with van der Waals surface area (Å²) < 4.78 is 26.5. The molecule has 4 aromatic rings. The summed E-state index contributed by atoms with van der Waals surface area (Å²) >= 11 is 0. The SMILES string of the molecule is Fc1ccc2cc(CCCCCCCc3ccc4cc(F)ccc4c3)ccc2c1. The Bertz CT molecular complexity index is 1020. The van der Waals surface area contributed by atoms with Crippen LogP contribution in [0.25, 0.3) is 21.5 Å². The van der Waals surface area contributed by atoms with Gasteiger partial charge in [0.1, 0.15) is 11.6 Å². The molecule has 0 aromatic heterocycles. The molecule has 4 aromatic carbocycles. The molecule has 0 fully saturated rings. The normalized spacial score (nSPS) is 11.4. The first-order chi connectivity index (χ1) is 14.2. The average molecular weight is 389 g/mol. The maximum absolute atomic E-state index is 13.3. The molecule has 0 unspecified atom stereocenters. The number of rotatable bonds is 8. The Balaban J connectivity index is 1.17. The number of benzene rings is 4. The van der Waals surface area contributed by atoms with Crippen molar-refractivity contribution in [2.75, 3.05) is 0 Å². The molecule has 0 aliphatic carbocycles. The van der Waals surface area contributed by atoms with Gasteiger partial charge >= 0.3 is 0 Å². The highest BCUT2D eigenvalue weighted by Crippen LogP contribution is 2.21. The van der Waals surface area contributed by atoms with Gasteiger partial charge in [0.15, 0.2) is 0 Å². The summed E-state index contributed by atoms with van der Waals surface area (Å²) in [7, 11) is 0. The molecule has 0 atom stereocenters. The third-order valence-corrected chi connectivity index (χ3v) is 5.66. The fraction of sp³-hybridized carbons (Fsp3) is 0.259. The van der Waals surface area contributed by atoms with Gasteiger partial charge in [0.05, 0.1) is 0 Å². The van der Waals surface area contributed by atoms with Crippen molar-refractivity contribution in [3.8, 4) is 0 Å². The molecule has 0 nitrogen and oxygen atoms in total. The van der Waals surface area contributed by atoms with Crippen LogP contribution in [0.4, 0.5) is 8.78 Å². The second-order valence-corrected chi connectivity index (χ2v) is 7.92. The molecule has 0 saturated carbocycles. The van der Waals surface area contributed by atoms with Gasteiger partial charge in [-0.3, -0.25) is 0 Å². The zero-order valence-corrected chi connectivity index (χ0v) is 16.6. The van der Waals surface area contributed by atoms with Crippen molar-refractivity contribution in [2.45, 2.75) is 44.9 Å². The van der Waals surface area contributed by atoms with E-state index in [-0.39, 0.29) is 11.6 Å². The van der Waals surface area contributed by atoms with Crippen molar-refractivity contribution in [3.05, 3.63) is 95.6 Å². The molecule has 148 valence electrons. The van der Waals surface area contributed by atoms with Crippen molar-refractivity contribution >= 4 is 21.5 Å². The molecular formula is C27H26F2. The van der Waals surface area contributed by atoms with Crippen LogP contribution in [0.1, 0.15) is 43.2 Å². The standard InChI is InChI=1S/C27H26F2/c28-26-14-12-22-16-20(8-10-24(22)18-26)6-4-2-1-3-5-7-21-9-11-25-19-27(29)15-13-23(25)17-21/h8-19H,1-7H2. The molecule has 29 heavy (non-hydrogen) atoms. The first kappa shape index (κ1) is 19.6. The summed E-state index contributed by atoms with van der Waals surface area (Å²) in [5.41, 5.74) is 2.66. The third-order valence-electron chi connectivity index (χ3n) is 5.66. The Hall–Kier alpha value is -2.74. The zero-order valence-electron chi connectivity index (χ0n) is 16.6. The maximum atomic E-state index is 13.3. The van der Waals surface area contributed by atoms with Crippen LogP contribution >= 0.6 is 0 Å². The van der Waals surface area contributed by atoms with Crippen molar-refractivity contribution < 1.29 is 8.78 Å². The molecule has 0 spiro atoms. The van der Waals surface area contributed by atoms with Gasteiger partial charge in [0.25, 0.3) is 0 Å². The van der Waals surface area contributed by atoms with Crippen LogP contribution in [0.3, 0.4) is 0 Å². The van der Waals surface area contributed by atoms with E-state index in [0.29, 0.717) is 0 Å². The summed E-state index contributed by atoms with van der Waals surface area (Å²) in [6.07, 6.45) is 8.25. The molecule has 0 N–H and O–H groups in total. The Morgan fingerprint density at radius 2 is 0.793 bits per heavy atom. The van der Waals surface area contributed by atoms with E-state index < -0.39 is 0 Å². The summed E-state index contributed by atoms with van der Waals surface area (Å²) in [5, 5.41) is 4.16. The lowest BCUT2D eigenvalue weighted by molar-refractivity contribution is 0.614. The molecule has 0 radical (unpaired) electrons. The number of hydrogen-bond acceptors (Lipinski definition) is 0. The van der Waals surface area contributed by atoms with Gasteiger partial charge in [0, 0.05) is 0 Å². The quantitative estimate of drug-likeness (QED) is 0.268. The predicted octanol–water partition coefficient (Wildman–Crippen LogP) is 8.01. The highest BCUT2D eigenvalue weighted by Gasteiger charge is 2.01. The van der Waals surface area contributed by atoms with Gasteiger partial charge in [-0.2, -0.15) is 0 Å². The summed E-state index contributed by atoms with van der Waals surface area (Å²) in [4.78, 5) is 0. The first-order valence-electron chi connectivity index (χ1n) is 10.5. The minimum absolute atomic E-state index is 0.178. The van der Waals surface area contributed by atoms with Crippen LogP contribution in [0.15, 0.2) is 72.8 Å². The Labute approximate surface area is 171 Å². The van der Waals surface area contributed by atoms with Gasteiger partial charge in [-0.05, 0) is 82.6 Å². The number of fused-ring (bicyclic) bond motifs is 2. The van der Waals surface area contributed by atoms with Crippen LogP contribution in [-0.2, 0) is 12.8 Å². The molecule has 0 amide bonds. The second kappa shape index (κ2) is 9.17. The van der Waals surface area contributed by atoms with Gasteiger partial charge in [-0.25, -0.2) is 8.78 Å². The molecule has 0 aliphatic heterocycles. The van der Waals surface area contributed by atoms with Crippen LogP contribution in [0.5, 0.6) is 0 Å². The Kier molecular flexibility index (Phi) is 6.19. The molecule has 2 heteroatoms. The smallest absolute Gasteiger partial charge is 0.123 e. The molecule has 0 aliphatic rings. The molecule has 0 saturated heterocycles. The number of halogens is 2. The van der Waals surface area contributed by atoms with E-state index in [9.17, 15) is 8.78 Å². The van der Waals surface area contributed by atoms with Crippen LogP contribution < -0.4 is 0 Å². The van der Waals surface area contributed by atoms with Crippen molar-refractivity contribution in [3.63, 3.8) is 0 Å². The minimum Gasteiger partial charge on any atom is -0.207 e. The van der Waals surface area contributed by atoms with Gasteiger partial charge in [-0.15, -0.1) is 0 Å². The zero-order chi connectivity index (χ0) is 20.1. The highest BCUT2D eigenvalue weighted by molar-refractivity contribution is 5.83. The molecule has 0 heterocycles. The van der Waals surface area contributed by atoms with Crippen molar-refractivity contribution in [2.24, 2.45) is 0 Å². The van der Waals surface area contributed by atoms with E-state index in [2.05, 4.69) is 24.3 Å². The lowest BCUT2D eigenvalue weighted by Gasteiger charge is -2.06. The third kappa shape index (κ3) is 5.20. The van der Waals surface area contributed by atoms with Gasteiger partial charge in [0.2, 0.25) is 0 Å². The molecule has 0 bridgehead atoms. The van der Waals surface area contributed by atoms with Crippen molar-refractivity contribution in [1.29, 1.82) is 0 Å². The van der Waals surface area contributed by atoms with E-state index in [1.54, 1.807) is 12.1 Å². The Morgan fingerprint density at radius 1 is 0.414 bits per heavy atom. The van der Waals surface area contributed by atoms with Crippen LogP contribution in [0.2, 0.25) is 0 Å². The maximum Gasteiger partial charge on any atom is 0.123 e. The fourth-order valence-electron chi connectivity index (χ4n) is 4.03. The van der Waals surface area contributed by atoms with Gasteiger partial charge < -0.3 is 0 Å². The summed E-state index contributed by atoms with van der Waals surface area (Å²) in [6, 6.07) is 22.6. The van der Waals surface area contributed by atoms with E-state index in [1.165, 1.54) is 55.4 Å². The summed E-state index contributed by atoms with van der Waals surface area (Å²) in [5.74, 6) is -0.356. The van der Waals surface area contributed by atoms with E-state index in [1.807, 2.05) is 24.3 Å². The monoisotopic (exact) mass is 388 g/mol. The van der Waals surface area contributed by atoms with Gasteiger partial charge in [-0.1, -0.05) is 67.8 Å². The summed E-state index contributed by atoms with van der Waals surface area (Å²) in [6.45, 7) is 0. The predicted molar refractivity (Wildman–Crippen MR) is 118 cm³/mol.